The number of nitrogens with one attached hydrogen (secondary N) is 1. The quantitative estimate of drug-likeness (QED) is 0.769. The van der Waals surface area contributed by atoms with Gasteiger partial charge in [0.25, 0.3) is 5.91 Å². The Kier molecular flexibility index (Phi) is 4.77. The third-order valence-corrected chi connectivity index (χ3v) is 3.54. The van der Waals surface area contributed by atoms with Crippen LogP contribution in [0.5, 0.6) is 5.75 Å². The molecule has 6 nitrogen and oxygen atoms in total. The van der Waals surface area contributed by atoms with Gasteiger partial charge in [0.2, 0.25) is 0 Å². The van der Waals surface area contributed by atoms with Crippen LogP contribution in [0.1, 0.15) is 17.3 Å². The first-order chi connectivity index (χ1) is 11.7. The Morgan fingerprint density at radius 2 is 2.12 bits per heavy atom. The molecule has 0 aliphatic carbocycles. The lowest BCUT2D eigenvalue weighted by Crippen LogP contribution is -2.15. The van der Waals surface area contributed by atoms with E-state index in [0.29, 0.717) is 34.3 Å². The van der Waals surface area contributed by atoms with Gasteiger partial charge in [-0.2, -0.15) is 5.10 Å². The summed E-state index contributed by atoms with van der Waals surface area (Å²) >= 11 is 6.07. The molecule has 3 aromatic rings. The Morgan fingerprint density at radius 1 is 1.29 bits per heavy atom. The second-order valence-corrected chi connectivity index (χ2v) is 5.32. The molecule has 0 unspecified atom stereocenters. The van der Waals surface area contributed by atoms with Crippen LogP contribution in [0, 0.1) is 0 Å². The van der Waals surface area contributed by atoms with Crippen molar-refractivity contribution in [1.82, 2.24) is 14.8 Å². The fourth-order valence-electron chi connectivity index (χ4n) is 2.27. The topological polar surface area (TPSA) is 69.0 Å². The number of hydrogen-bond donors (Lipinski definition) is 1. The number of halogens is 1. The van der Waals surface area contributed by atoms with Gasteiger partial charge in [-0.3, -0.25) is 4.79 Å². The molecule has 0 radical (unpaired) electrons. The molecule has 0 aliphatic heterocycles. The van der Waals surface area contributed by atoms with Gasteiger partial charge in [0.1, 0.15) is 18.4 Å². The summed E-state index contributed by atoms with van der Waals surface area (Å²) in [4.78, 5) is 16.6. The number of nitrogens with zero attached hydrogens (tertiary/aromatic N) is 3. The zero-order chi connectivity index (χ0) is 16.9. The number of para-hydroxylation sites is 1. The SMILES string of the molecule is CCOc1ccccc1C(=O)Nc1cc(Cl)ccc1-n1cncn1. The minimum absolute atomic E-state index is 0.289. The van der Waals surface area contributed by atoms with E-state index in [0.717, 1.165) is 0 Å². The van der Waals surface area contributed by atoms with Crippen molar-refractivity contribution in [2.45, 2.75) is 6.92 Å². The summed E-state index contributed by atoms with van der Waals surface area (Å²) in [5, 5.41) is 7.46. The second kappa shape index (κ2) is 7.14. The Balaban J connectivity index is 1.94. The summed E-state index contributed by atoms with van der Waals surface area (Å²) in [5.74, 6) is 0.240. The van der Waals surface area contributed by atoms with E-state index in [-0.39, 0.29) is 5.91 Å². The zero-order valence-electron chi connectivity index (χ0n) is 12.9. The predicted molar refractivity (Wildman–Crippen MR) is 91.9 cm³/mol. The van der Waals surface area contributed by atoms with Crippen LogP contribution in [0.2, 0.25) is 5.02 Å². The van der Waals surface area contributed by atoms with Crippen molar-refractivity contribution in [2.24, 2.45) is 0 Å². The van der Waals surface area contributed by atoms with Crippen molar-refractivity contribution in [3.63, 3.8) is 0 Å². The average molecular weight is 343 g/mol. The number of rotatable bonds is 5. The molecule has 7 heteroatoms. The van der Waals surface area contributed by atoms with Gasteiger partial charge in [-0.25, -0.2) is 9.67 Å². The van der Waals surface area contributed by atoms with E-state index in [1.54, 1.807) is 47.4 Å². The normalized spacial score (nSPS) is 10.4. The summed E-state index contributed by atoms with van der Waals surface area (Å²) in [5.41, 5.74) is 1.65. The van der Waals surface area contributed by atoms with Crippen molar-refractivity contribution < 1.29 is 9.53 Å². The van der Waals surface area contributed by atoms with Crippen molar-refractivity contribution in [3.05, 3.63) is 65.7 Å². The molecule has 0 saturated heterocycles. The summed E-state index contributed by atoms with van der Waals surface area (Å²) in [6.07, 6.45) is 2.97. The van der Waals surface area contributed by atoms with Crippen LogP contribution in [-0.4, -0.2) is 27.3 Å². The molecule has 122 valence electrons. The second-order valence-electron chi connectivity index (χ2n) is 4.88. The van der Waals surface area contributed by atoms with E-state index in [1.807, 2.05) is 13.0 Å². The molecule has 24 heavy (non-hydrogen) atoms. The number of benzene rings is 2. The van der Waals surface area contributed by atoms with Gasteiger partial charge in [0.05, 0.1) is 23.5 Å². The van der Waals surface area contributed by atoms with Crippen LogP contribution in [0.15, 0.2) is 55.1 Å². The van der Waals surface area contributed by atoms with Crippen molar-refractivity contribution in [2.75, 3.05) is 11.9 Å². The van der Waals surface area contributed by atoms with E-state index in [2.05, 4.69) is 15.4 Å². The van der Waals surface area contributed by atoms with E-state index in [4.69, 9.17) is 16.3 Å². The molecular formula is C17H15ClN4O2. The Labute approximate surface area is 144 Å². The summed E-state index contributed by atoms with van der Waals surface area (Å²) < 4.78 is 7.06. The Bertz CT molecular complexity index is 850. The summed E-state index contributed by atoms with van der Waals surface area (Å²) in [6.45, 7) is 2.35. The van der Waals surface area contributed by atoms with Gasteiger partial charge < -0.3 is 10.1 Å². The molecule has 1 aromatic heterocycles. The highest BCUT2D eigenvalue weighted by atomic mass is 35.5. The van der Waals surface area contributed by atoms with E-state index in [9.17, 15) is 4.79 Å². The minimum atomic E-state index is -0.289. The highest BCUT2D eigenvalue weighted by Gasteiger charge is 2.15. The number of aromatic nitrogens is 3. The molecule has 0 saturated carbocycles. The van der Waals surface area contributed by atoms with E-state index >= 15 is 0 Å². The maximum Gasteiger partial charge on any atom is 0.259 e. The van der Waals surface area contributed by atoms with E-state index < -0.39 is 0 Å². The van der Waals surface area contributed by atoms with Gasteiger partial charge in [0, 0.05) is 5.02 Å². The lowest BCUT2D eigenvalue weighted by Gasteiger charge is -2.13. The van der Waals surface area contributed by atoms with Crippen LogP contribution in [0.25, 0.3) is 5.69 Å². The van der Waals surface area contributed by atoms with Crippen LogP contribution in [0.4, 0.5) is 5.69 Å². The van der Waals surface area contributed by atoms with Gasteiger partial charge in [-0.1, -0.05) is 23.7 Å². The van der Waals surface area contributed by atoms with Crippen LogP contribution in [-0.2, 0) is 0 Å². The average Bonchev–Trinajstić information content (AvgIpc) is 3.10. The molecule has 1 N–H and O–H groups in total. The molecule has 3 rings (SSSR count). The minimum Gasteiger partial charge on any atom is -0.493 e. The van der Waals surface area contributed by atoms with Crippen LogP contribution in [0.3, 0.4) is 0 Å². The molecule has 0 fully saturated rings. The highest BCUT2D eigenvalue weighted by Crippen LogP contribution is 2.26. The predicted octanol–water partition coefficient (Wildman–Crippen LogP) is 3.57. The highest BCUT2D eigenvalue weighted by molar-refractivity contribution is 6.31. The first-order valence-corrected chi connectivity index (χ1v) is 7.74. The molecule has 1 heterocycles. The zero-order valence-corrected chi connectivity index (χ0v) is 13.7. The largest absolute Gasteiger partial charge is 0.493 e. The standard InChI is InChI=1S/C17H15ClN4O2/c1-2-24-16-6-4-3-5-13(16)17(23)21-14-9-12(18)7-8-15(14)22-11-19-10-20-22/h3-11H,2H2,1H3,(H,21,23). The van der Waals surface area contributed by atoms with Crippen molar-refractivity contribution in [3.8, 4) is 11.4 Å². The molecule has 0 spiro atoms. The number of anilines is 1. The van der Waals surface area contributed by atoms with Crippen LogP contribution < -0.4 is 10.1 Å². The molecule has 0 aliphatic rings. The van der Waals surface area contributed by atoms with E-state index in [1.165, 1.54) is 6.33 Å². The molecule has 1 amide bonds. The third-order valence-electron chi connectivity index (χ3n) is 3.30. The van der Waals surface area contributed by atoms with Gasteiger partial charge in [-0.05, 0) is 37.3 Å². The Morgan fingerprint density at radius 3 is 2.88 bits per heavy atom. The molecular weight excluding hydrogens is 328 g/mol. The van der Waals surface area contributed by atoms with Gasteiger partial charge >= 0.3 is 0 Å². The molecule has 0 atom stereocenters. The smallest absolute Gasteiger partial charge is 0.259 e. The summed E-state index contributed by atoms with van der Waals surface area (Å²) in [7, 11) is 0. The summed E-state index contributed by atoms with van der Waals surface area (Å²) in [6, 6.07) is 12.2. The first-order valence-electron chi connectivity index (χ1n) is 7.36. The maximum atomic E-state index is 12.7. The molecule has 0 bridgehead atoms. The number of amides is 1. The number of hydrogen-bond acceptors (Lipinski definition) is 4. The number of carbonyl (C=O) groups excluding carboxylic acids is 1. The first kappa shape index (κ1) is 16.0. The Hall–Kier alpha value is -2.86. The fraction of sp³-hybridized carbons (Fsp3) is 0.118. The van der Waals surface area contributed by atoms with Crippen LogP contribution >= 0.6 is 11.6 Å². The van der Waals surface area contributed by atoms with Crippen molar-refractivity contribution >= 4 is 23.2 Å². The fourth-order valence-corrected chi connectivity index (χ4v) is 2.44. The maximum absolute atomic E-state index is 12.7. The number of ether oxygens (including phenoxy) is 1. The third kappa shape index (κ3) is 3.38. The lowest BCUT2D eigenvalue weighted by atomic mass is 10.1. The van der Waals surface area contributed by atoms with Gasteiger partial charge in [-0.15, -0.1) is 0 Å². The monoisotopic (exact) mass is 342 g/mol. The lowest BCUT2D eigenvalue weighted by molar-refractivity contribution is 0.102. The molecule has 2 aromatic carbocycles. The number of carbonyl (C=O) groups is 1. The van der Waals surface area contributed by atoms with Gasteiger partial charge in [0.15, 0.2) is 0 Å². The van der Waals surface area contributed by atoms with Crippen molar-refractivity contribution in [1.29, 1.82) is 0 Å².